The molecule has 0 radical (unpaired) electrons. The van der Waals surface area contributed by atoms with Crippen LogP contribution in [-0.2, 0) is 0 Å². The molecule has 0 amide bonds. The first-order chi connectivity index (χ1) is 9.03. The van der Waals surface area contributed by atoms with E-state index in [4.69, 9.17) is 20.3 Å². The van der Waals surface area contributed by atoms with Crippen molar-refractivity contribution in [3.05, 3.63) is 12.1 Å². The summed E-state index contributed by atoms with van der Waals surface area (Å²) in [5, 5.41) is 12.5. The van der Waals surface area contributed by atoms with Crippen LogP contribution in [0.5, 0.6) is 11.5 Å². The summed E-state index contributed by atoms with van der Waals surface area (Å²) < 4.78 is 10.5. The number of benzene rings is 1. The van der Waals surface area contributed by atoms with Gasteiger partial charge in [-0.1, -0.05) is 13.8 Å². The second-order valence-electron chi connectivity index (χ2n) is 4.80. The summed E-state index contributed by atoms with van der Waals surface area (Å²) in [5.74, 6) is 1.62. The van der Waals surface area contributed by atoms with Crippen molar-refractivity contribution in [1.29, 1.82) is 0 Å². The van der Waals surface area contributed by atoms with Crippen molar-refractivity contribution in [3.8, 4) is 11.5 Å². The highest BCUT2D eigenvalue weighted by atomic mass is 16.5. The summed E-state index contributed by atoms with van der Waals surface area (Å²) in [6.07, 6.45) is 0.672. The minimum atomic E-state index is 0.142. The van der Waals surface area contributed by atoms with Crippen molar-refractivity contribution in [1.82, 2.24) is 0 Å². The zero-order valence-corrected chi connectivity index (χ0v) is 12.1. The lowest BCUT2D eigenvalue weighted by Gasteiger charge is -2.24. The molecule has 4 N–H and O–H groups in total. The Bertz CT molecular complexity index is 408. The molecule has 108 valence electrons. The van der Waals surface area contributed by atoms with Crippen LogP contribution in [0.1, 0.15) is 20.3 Å². The van der Waals surface area contributed by atoms with Crippen LogP contribution in [0.4, 0.5) is 11.4 Å². The Morgan fingerprint density at radius 3 is 2.26 bits per heavy atom. The van der Waals surface area contributed by atoms with Crippen molar-refractivity contribution in [2.45, 2.75) is 26.3 Å². The van der Waals surface area contributed by atoms with E-state index in [0.717, 1.165) is 5.69 Å². The Labute approximate surface area is 114 Å². The number of ether oxygens (including phenoxy) is 2. The molecule has 0 aliphatic rings. The number of aliphatic hydroxyl groups is 1. The van der Waals surface area contributed by atoms with Gasteiger partial charge in [-0.2, -0.15) is 0 Å². The van der Waals surface area contributed by atoms with Crippen LogP contribution >= 0.6 is 0 Å². The lowest BCUT2D eigenvalue weighted by molar-refractivity contribution is 0.267. The van der Waals surface area contributed by atoms with E-state index in [1.165, 1.54) is 0 Å². The van der Waals surface area contributed by atoms with E-state index in [-0.39, 0.29) is 12.6 Å². The Morgan fingerprint density at radius 1 is 1.21 bits per heavy atom. The van der Waals surface area contributed by atoms with E-state index in [9.17, 15) is 0 Å². The van der Waals surface area contributed by atoms with Gasteiger partial charge >= 0.3 is 0 Å². The maximum Gasteiger partial charge on any atom is 0.162 e. The average Bonchev–Trinajstić information content (AvgIpc) is 2.39. The van der Waals surface area contributed by atoms with E-state index in [0.29, 0.717) is 29.5 Å². The van der Waals surface area contributed by atoms with E-state index in [1.807, 2.05) is 6.07 Å². The molecule has 1 unspecified atom stereocenters. The lowest BCUT2D eigenvalue weighted by Crippen LogP contribution is -2.27. The zero-order chi connectivity index (χ0) is 14.4. The molecule has 0 saturated heterocycles. The SMILES string of the molecule is COc1cc(N)c(NC(CCO)C(C)C)cc1OC. The third kappa shape index (κ3) is 3.92. The van der Waals surface area contributed by atoms with Crippen LogP contribution in [0.3, 0.4) is 0 Å². The van der Waals surface area contributed by atoms with Crippen molar-refractivity contribution >= 4 is 11.4 Å². The average molecular weight is 268 g/mol. The molecule has 0 spiro atoms. The van der Waals surface area contributed by atoms with Crippen LogP contribution in [0.25, 0.3) is 0 Å². The third-order valence-corrected chi connectivity index (χ3v) is 3.14. The third-order valence-electron chi connectivity index (χ3n) is 3.14. The Kier molecular flexibility index (Phi) is 5.76. The summed E-state index contributed by atoms with van der Waals surface area (Å²) in [6.45, 7) is 4.34. The topological polar surface area (TPSA) is 76.7 Å². The molecule has 1 aromatic rings. The van der Waals surface area contributed by atoms with Crippen LogP contribution in [-0.4, -0.2) is 32.0 Å². The quantitative estimate of drug-likeness (QED) is 0.660. The van der Waals surface area contributed by atoms with Gasteiger partial charge in [-0.3, -0.25) is 0 Å². The van der Waals surface area contributed by atoms with Gasteiger partial charge in [0.25, 0.3) is 0 Å². The second kappa shape index (κ2) is 7.09. The van der Waals surface area contributed by atoms with Gasteiger partial charge in [-0.25, -0.2) is 0 Å². The van der Waals surface area contributed by atoms with Crippen LogP contribution in [0.15, 0.2) is 12.1 Å². The highest BCUT2D eigenvalue weighted by Gasteiger charge is 2.16. The molecule has 0 aliphatic carbocycles. The van der Waals surface area contributed by atoms with Gasteiger partial charge in [0.05, 0.1) is 25.6 Å². The Hall–Kier alpha value is -1.62. The molecule has 5 heteroatoms. The summed E-state index contributed by atoms with van der Waals surface area (Å²) >= 11 is 0. The molecule has 5 nitrogen and oxygen atoms in total. The maximum atomic E-state index is 9.10. The molecule has 0 aliphatic heterocycles. The molecule has 0 heterocycles. The minimum absolute atomic E-state index is 0.142. The van der Waals surface area contributed by atoms with Gasteiger partial charge in [-0.15, -0.1) is 0 Å². The highest BCUT2D eigenvalue weighted by Crippen LogP contribution is 2.35. The van der Waals surface area contributed by atoms with Gasteiger partial charge in [0.2, 0.25) is 0 Å². The van der Waals surface area contributed by atoms with E-state index < -0.39 is 0 Å². The van der Waals surface area contributed by atoms with E-state index in [1.54, 1.807) is 20.3 Å². The van der Waals surface area contributed by atoms with Crippen molar-refractivity contribution in [3.63, 3.8) is 0 Å². The fourth-order valence-electron chi connectivity index (χ4n) is 1.93. The smallest absolute Gasteiger partial charge is 0.162 e. The predicted molar refractivity (Wildman–Crippen MR) is 77.9 cm³/mol. The monoisotopic (exact) mass is 268 g/mol. The van der Waals surface area contributed by atoms with Crippen LogP contribution < -0.4 is 20.5 Å². The van der Waals surface area contributed by atoms with E-state index in [2.05, 4.69) is 19.2 Å². The molecule has 19 heavy (non-hydrogen) atoms. The zero-order valence-electron chi connectivity index (χ0n) is 12.1. The Morgan fingerprint density at radius 2 is 1.79 bits per heavy atom. The van der Waals surface area contributed by atoms with Crippen LogP contribution in [0.2, 0.25) is 0 Å². The number of hydrogen-bond donors (Lipinski definition) is 3. The first kappa shape index (κ1) is 15.4. The first-order valence-electron chi connectivity index (χ1n) is 6.42. The number of nitrogens with two attached hydrogens (primary N) is 1. The largest absolute Gasteiger partial charge is 0.493 e. The number of hydrogen-bond acceptors (Lipinski definition) is 5. The fraction of sp³-hybridized carbons (Fsp3) is 0.571. The standard InChI is InChI=1S/C14H24N2O3/c1-9(2)11(5-6-17)16-12-8-14(19-4)13(18-3)7-10(12)15/h7-9,11,16-17H,5-6,15H2,1-4H3. The number of nitrogen functional groups attached to an aromatic ring is 1. The van der Waals surface area contributed by atoms with Crippen molar-refractivity contribution in [2.75, 3.05) is 31.9 Å². The first-order valence-corrected chi connectivity index (χ1v) is 6.42. The van der Waals surface area contributed by atoms with Gasteiger partial charge in [-0.05, 0) is 12.3 Å². The number of nitrogens with one attached hydrogen (secondary N) is 1. The van der Waals surface area contributed by atoms with Crippen LogP contribution in [0, 0.1) is 5.92 Å². The fourth-order valence-corrected chi connectivity index (χ4v) is 1.93. The molecular formula is C14H24N2O3. The molecular weight excluding hydrogens is 244 g/mol. The minimum Gasteiger partial charge on any atom is -0.493 e. The highest BCUT2D eigenvalue weighted by molar-refractivity contribution is 5.72. The van der Waals surface area contributed by atoms with Gasteiger partial charge in [0, 0.05) is 24.8 Å². The van der Waals surface area contributed by atoms with Gasteiger partial charge < -0.3 is 25.6 Å². The number of methoxy groups -OCH3 is 2. The molecule has 0 fully saturated rings. The second-order valence-corrected chi connectivity index (χ2v) is 4.80. The molecule has 1 aromatic carbocycles. The summed E-state index contributed by atoms with van der Waals surface area (Å²) in [4.78, 5) is 0. The predicted octanol–water partition coefficient (Wildman–Crippen LogP) is 2.10. The van der Waals surface area contributed by atoms with Crippen molar-refractivity contribution in [2.24, 2.45) is 5.92 Å². The normalized spacial score (nSPS) is 12.3. The van der Waals surface area contributed by atoms with Gasteiger partial charge in [0.1, 0.15) is 0 Å². The van der Waals surface area contributed by atoms with Crippen molar-refractivity contribution < 1.29 is 14.6 Å². The molecule has 1 rings (SSSR count). The maximum absolute atomic E-state index is 9.10. The number of rotatable bonds is 7. The number of anilines is 2. The molecule has 1 atom stereocenters. The summed E-state index contributed by atoms with van der Waals surface area (Å²) in [7, 11) is 3.17. The molecule has 0 aromatic heterocycles. The van der Waals surface area contributed by atoms with E-state index >= 15 is 0 Å². The summed E-state index contributed by atoms with van der Waals surface area (Å²) in [5.41, 5.74) is 7.40. The Balaban J connectivity index is 2.99. The number of aliphatic hydroxyl groups excluding tert-OH is 1. The molecule has 0 bridgehead atoms. The summed E-state index contributed by atoms with van der Waals surface area (Å²) in [6, 6.07) is 3.71. The lowest BCUT2D eigenvalue weighted by atomic mass is 10.0. The van der Waals surface area contributed by atoms with Gasteiger partial charge in [0.15, 0.2) is 11.5 Å². The molecule has 0 saturated carbocycles.